The van der Waals surface area contributed by atoms with Gasteiger partial charge in [0.25, 0.3) is 0 Å². The third-order valence-corrected chi connectivity index (χ3v) is 3.20. The standard InChI is InChI=1S/C16H29NO6S/c1-15(2,3)22-12(18)9-11(10-13(21-7)24(8)20)17-14(19)23-16(4,5)6/h10-11H,9H2,1-8H3,(H,17,19)/b13-10+. The van der Waals surface area contributed by atoms with Gasteiger partial charge in [-0.15, -0.1) is 0 Å². The van der Waals surface area contributed by atoms with Gasteiger partial charge in [-0.05, 0) is 47.6 Å². The molecule has 24 heavy (non-hydrogen) atoms. The summed E-state index contributed by atoms with van der Waals surface area (Å²) in [4.78, 5) is 24.0. The van der Waals surface area contributed by atoms with Gasteiger partial charge >= 0.3 is 12.1 Å². The lowest BCUT2D eigenvalue weighted by Gasteiger charge is -2.24. The molecule has 7 nitrogen and oxygen atoms in total. The van der Waals surface area contributed by atoms with Crippen LogP contribution in [0.15, 0.2) is 11.2 Å². The predicted molar refractivity (Wildman–Crippen MR) is 92.8 cm³/mol. The Labute approximate surface area is 146 Å². The van der Waals surface area contributed by atoms with Crippen LogP contribution in [0.2, 0.25) is 0 Å². The second-order valence-electron chi connectivity index (χ2n) is 7.19. The molecule has 0 saturated carbocycles. The average molecular weight is 363 g/mol. The first kappa shape index (κ1) is 22.4. The number of rotatable bonds is 6. The first-order valence-electron chi connectivity index (χ1n) is 7.54. The molecule has 0 fully saturated rings. The molecule has 8 heteroatoms. The Kier molecular flexibility index (Phi) is 8.46. The van der Waals surface area contributed by atoms with Crippen molar-refractivity contribution in [2.24, 2.45) is 0 Å². The van der Waals surface area contributed by atoms with E-state index >= 15 is 0 Å². The Balaban J connectivity index is 5.19. The molecule has 0 bridgehead atoms. The zero-order valence-electron chi connectivity index (χ0n) is 15.7. The van der Waals surface area contributed by atoms with Crippen molar-refractivity contribution in [1.82, 2.24) is 5.32 Å². The Morgan fingerprint density at radius 3 is 1.96 bits per heavy atom. The summed E-state index contributed by atoms with van der Waals surface area (Å²) in [6.45, 7) is 10.4. The minimum absolute atomic E-state index is 0.138. The van der Waals surface area contributed by atoms with E-state index in [9.17, 15) is 13.8 Å². The summed E-state index contributed by atoms with van der Waals surface area (Å²) in [7, 11) is -0.0307. The normalized spacial score (nSPS) is 15.2. The second kappa shape index (κ2) is 9.05. The molecule has 0 aromatic heterocycles. The van der Waals surface area contributed by atoms with Crippen molar-refractivity contribution in [3.05, 3.63) is 11.2 Å². The Morgan fingerprint density at radius 2 is 1.58 bits per heavy atom. The van der Waals surface area contributed by atoms with Gasteiger partial charge in [0.05, 0.1) is 30.4 Å². The van der Waals surface area contributed by atoms with Crippen LogP contribution in [0.3, 0.4) is 0 Å². The first-order chi connectivity index (χ1) is 10.7. The van der Waals surface area contributed by atoms with Crippen LogP contribution in [-0.4, -0.2) is 46.9 Å². The summed E-state index contributed by atoms with van der Waals surface area (Å²) in [5, 5.41) is 2.71. The average Bonchev–Trinajstić information content (AvgIpc) is 2.29. The highest BCUT2D eigenvalue weighted by Gasteiger charge is 2.24. The van der Waals surface area contributed by atoms with Gasteiger partial charge in [-0.3, -0.25) is 9.00 Å². The van der Waals surface area contributed by atoms with Crippen LogP contribution in [0.25, 0.3) is 0 Å². The van der Waals surface area contributed by atoms with E-state index in [0.717, 1.165) is 0 Å². The SMILES string of the molecule is CO/C(=C\C(CC(=O)OC(C)(C)C)NC(=O)OC(C)(C)C)S(C)=O. The molecule has 0 heterocycles. The number of hydrogen-bond acceptors (Lipinski definition) is 6. The smallest absolute Gasteiger partial charge is 0.408 e. The number of nitrogens with one attached hydrogen (secondary N) is 1. The lowest BCUT2D eigenvalue weighted by molar-refractivity contribution is -0.155. The number of alkyl carbamates (subject to hydrolysis) is 1. The topological polar surface area (TPSA) is 90.9 Å². The largest absolute Gasteiger partial charge is 0.488 e. The molecular formula is C16H29NO6S. The lowest BCUT2D eigenvalue weighted by Crippen LogP contribution is -2.40. The quantitative estimate of drug-likeness (QED) is 0.576. The van der Waals surface area contributed by atoms with Crippen LogP contribution in [0.1, 0.15) is 48.0 Å². The van der Waals surface area contributed by atoms with E-state index in [1.807, 2.05) is 0 Å². The minimum Gasteiger partial charge on any atom is -0.488 e. The van der Waals surface area contributed by atoms with Crippen LogP contribution < -0.4 is 5.32 Å². The van der Waals surface area contributed by atoms with E-state index in [2.05, 4.69) is 5.32 Å². The molecule has 0 saturated heterocycles. The Bertz CT molecular complexity index is 472. The van der Waals surface area contributed by atoms with Gasteiger partial charge in [0.1, 0.15) is 11.2 Å². The maximum absolute atomic E-state index is 12.0. The van der Waals surface area contributed by atoms with Crippen LogP contribution >= 0.6 is 0 Å². The molecule has 0 aliphatic heterocycles. The van der Waals surface area contributed by atoms with Gasteiger partial charge in [0.2, 0.25) is 0 Å². The fraction of sp³-hybridized carbons (Fsp3) is 0.750. The van der Waals surface area contributed by atoms with Gasteiger partial charge < -0.3 is 19.5 Å². The summed E-state index contributed by atoms with van der Waals surface area (Å²) >= 11 is 0. The van der Waals surface area contributed by atoms with Gasteiger partial charge in [-0.1, -0.05) is 0 Å². The van der Waals surface area contributed by atoms with Crippen LogP contribution in [-0.2, 0) is 29.8 Å². The fourth-order valence-electron chi connectivity index (χ4n) is 1.62. The zero-order valence-corrected chi connectivity index (χ0v) is 16.5. The fourth-order valence-corrected chi connectivity index (χ4v) is 2.21. The number of carbonyl (C=O) groups is 2. The van der Waals surface area contributed by atoms with E-state index in [1.54, 1.807) is 41.5 Å². The van der Waals surface area contributed by atoms with Crippen molar-refractivity contribution < 1.29 is 28.0 Å². The number of amides is 1. The Hall–Kier alpha value is -1.57. The third kappa shape index (κ3) is 11.0. The molecule has 0 aliphatic rings. The maximum Gasteiger partial charge on any atom is 0.408 e. The molecule has 1 N–H and O–H groups in total. The molecule has 0 aliphatic carbocycles. The predicted octanol–water partition coefficient (Wildman–Crippen LogP) is 2.48. The minimum atomic E-state index is -1.40. The molecule has 2 unspecified atom stereocenters. The van der Waals surface area contributed by atoms with Crippen molar-refractivity contribution in [3.8, 4) is 0 Å². The van der Waals surface area contributed by atoms with Crippen LogP contribution in [0.5, 0.6) is 0 Å². The number of esters is 1. The molecule has 0 aromatic carbocycles. The maximum atomic E-state index is 12.0. The summed E-state index contributed by atoms with van der Waals surface area (Å²) < 4.78 is 27.0. The number of methoxy groups -OCH3 is 1. The second-order valence-corrected chi connectivity index (χ2v) is 8.50. The highest BCUT2D eigenvalue weighted by molar-refractivity contribution is 7.88. The number of hydrogen-bond donors (Lipinski definition) is 1. The molecule has 0 aromatic rings. The van der Waals surface area contributed by atoms with Crippen molar-refractivity contribution in [3.63, 3.8) is 0 Å². The monoisotopic (exact) mass is 363 g/mol. The zero-order chi connectivity index (χ0) is 19.1. The summed E-state index contributed by atoms with van der Waals surface area (Å²) in [6, 6.07) is -0.770. The van der Waals surface area contributed by atoms with E-state index in [1.165, 1.54) is 19.4 Å². The van der Waals surface area contributed by atoms with E-state index in [-0.39, 0.29) is 11.5 Å². The van der Waals surface area contributed by atoms with Crippen LogP contribution in [0, 0.1) is 0 Å². The summed E-state index contributed by atoms with van der Waals surface area (Å²) in [6.07, 6.45) is 2.03. The van der Waals surface area contributed by atoms with E-state index < -0.39 is 40.1 Å². The molecule has 2 atom stereocenters. The molecule has 140 valence electrons. The van der Waals surface area contributed by atoms with E-state index in [0.29, 0.717) is 0 Å². The molecule has 1 amide bonds. The molecule has 0 spiro atoms. The number of carbonyl (C=O) groups excluding carboxylic acids is 2. The van der Waals surface area contributed by atoms with Gasteiger partial charge in [-0.25, -0.2) is 4.79 Å². The summed E-state index contributed by atoms with van der Waals surface area (Å²) in [5.41, 5.74) is -1.32. The number of ether oxygens (including phenoxy) is 3. The highest BCUT2D eigenvalue weighted by atomic mass is 32.2. The van der Waals surface area contributed by atoms with Gasteiger partial charge in [0, 0.05) is 6.26 Å². The van der Waals surface area contributed by atoms with Gasteiger partial charge in [-0.2, -0.15) is 0 Å². The first-order valence-corrected chi connectivity index (χ1v) is 9.10. The van der Waals surface area contributed by atoms with Crippen LogP contribution in [0.4, 0.5) is 4.79 Å². The lowest BCUT2D eigenvalue weighted by atomic mass is 10.1. The summed E-state index contributed by atoms with van der Waals surface area (Å²) in [5.74, 6) is -0.503. The molecule has 0 rings (SSSR count). The van der Waals surface area contributed by atoms with Crippen molar-refractivity contribution in [2.45, 2.75) is 65.2 Å². The van der Waals surface area contributed by atoms with Crippen molar-refractivity contribution in [1.29, 1.82) is 0 Å². The van der Waals surface area contributed by atoms with Crippen molar-refractivity contribution >= 4 is 22.9 Å². The van der Waals surface area contributed by atoms with E-state index in [4.69, 9.17) is 14.2 Å². The Morgan fingerprint density at radius 1 is 1.08 bits per heavy atom. The van der Waals surface area contributed by atoms with Crippen molar-refractivity contribution in [2.75, 3.05) is 13.4 Å². The third-order valence-electron chi connectivity index (χ3n) is 2.33. The highest BCUT2D eigenvalue weighted by Crippen LogP contribution is 2.13. The molecular weight excluding hydrogens is 334 g/mol. The van der Waals surface area contributed by atoms with Gasteiger partial charge in [0.15, 0.2) is 5.09 Å². The molecule has 0 radical (unpaired) electrons.